The number of halogens is 2. The first-order valence-electron chi connectivity index (χ1n) is 8.58. The van der Waals surface area contributed by atoms with Crippen LogP contribution in [0.15, 0.2) is 24.3 Å². The molecule has 0 radical (unpaired) electrons. The summed E-state index contributed by atoms with van der Waals surface area (Å²) in [5.41, 5.74) is 6.67. The van der Waals surface area contributed by atoms with Crippen LogP contribution in [-0.2, 0) is 16.1 Å². The molecule has 0 spiro atoms. The van der Waals surface area contributed by atoms with Crippen molar-refractivity contribution in [3.8, 4) is 0 Å². The van der Waals surface area contributed by atoms with E-state index >= 15 is 0 Å². The first kappa shape index (κ1) is 19.5. The lowest BCUT2D eigenvalue weighted by Crippen LogP contribution is -2.44. The number of hydrogen-bond acceptors (Lipinski definition) is 3. The quantitative estimate of drug-likeness (QED) is 0.859. The Morgan fingerprint density at radius 2 is 1.92 bits per heavy atom. The monoisotopic (exact) mass is 372 g/mol. The summed E-state index contributed by atoms with van der Waals surface area (Å²) >= 11 is 6.30. The largest absolute Gasteiger partial charge is 0.364 e. The van der Waals surface area contributed by atoms with Crippen LogP contribution in [0.25, 0.3) is 0 Å². The van der Waals surface area contributed by atoms with Gasteiger partial charge in [-0.1, -0.05) is 42.6 Å². The SMILES string of the molecule is Cl.NC[C@H]1CC[C@@H](C(=O)N(Cc2ccccc2Cl)C2CCCC2)O1. The molecule has 2 fully saturated rings. The minimum atomic E-state index is -0.341. The van der Waals surface area contributed by atoms with Gasteiger partial charge in [0, 0.05) is 24.2 Å². The van der Waals surface area contributed by atoms with Crippen molar-refractivity contribution in [1.29, 1.82) is 0 Å². The molecule has 4 nitrogen and oxygen atoms in total. The molecular formula is C18H26Cl2N2O2. The zero-order valence-electron chi connectivity index (χ0n) is 13.8. The summed E-state index contributed by atoms with van der Waals surface area (Å²) in [4.78, 5) is 15.0. The van der Waals surface area contributed by atoms with Crippen LogP contribution < -0.4 is 5.73 Å². The average Bonchev–Trinajstić information content (AvgIpc) is 3.25. The summed E-state index contributed by atoms with van der Waals surface area (Å²) in [6.45, 7) is 1.05. The molecule has 2 atom stereocenters. The maximum atomic E-state index is 13.0. The van der Waals surface area contributed by atoms with Crippen molar-refractivity contribution in [1.82, 2.24) is 4.90 Å². The van der Waals surface area contributed by atoms with Crippen LogP contribution in [-0.4, -0.2) is 35.6 Å². The Balaban J connectivity index is 0.00000208. The number of rotatable bonds is 5. The van der Waals surface area contributed by atoms with E-state index in [9.17, 15) is 4.79 Å². The molecule has 1 saturated carbocycles. The van der Waals surface area contributed by atoms with Gasteiger partial charge in [-0.2, -0.15) is 0 Å². The Labute approximate surface area is 155 Å². The zero-order valence-corrected chi connectivity index (χ0v) is 15.4. The molecule has 2 N–H and O–H groups in total. The third-order valence-corrected chi connectivity index (χ3v) is 5.36. The Kier molecular flexibility index (Phi) is 7.35. The molecule has 1 saturated heterocycles. The Hall–Kier alpha value is -0.810. The van der Waals surface area contributed by atoms with E-state index in [1.165, 1.54) is 12.8 Å². The van der Waals surface area contributed by atoms with Crippen molar-refractivity contribution in [3.05, 3.63) is 34.9 Å². The number of ether oxygens (including phenoxy) is 1. The van der Waals surface area contributed by atoms with Gasteiger partial charge in [0.25, 0.3) is 5.91 Å². The van der Waals surface area contributed by atoms with Gasteiger partial charge < -0.3 is 15.4 Å². The number of nitrogens with two attached hydrogens (primary N) is 1. The predicted molar refractivity (Wildman–Crippen MR) is 98.5 cm³/mol. The van der Waals surface area contributed by atoms with Gasteiger partial charge in [-0.05, 0) is 37.3 Å². The highest BCUT2D eigenvalue weighted by atomic mass is 35.5. The number of nitrogens with zero attached hydrogens (tertiary/aromatic N) is 1. The highest BCUT2D eigenvalue weighted by molar-refractivity contribution is 6.31. The molecule has 6 heteroatoms. The molecule has 1 amide bonds. The van der Waals surface area contributed by atoms with Crippen molar-refractivity contribution in [2.75, 3.05) is 6.54 Å². The molecular weight excluding hydrogens is 347 g/mol. The summed E-state index contributed by atoms with van der Waals surface area (Å²) < 4.78 is 5.83. The molecule has 0 unspecified atom stereocenters. The van der Waals surface area contributed by atoms with Gasteiger partial charge in [0.15, 0.2) is 0 Å². The smallest absolute Gasteiger partial charge is 0.252 e. The van der Waals surface area contributed by atoms with Gasteiger partial charge in [0.2, 0.25) is 0 Å². The molecule has 1 aliphatic carbocycles. The normalized spacial score (nSPS) is 23.9. The summed E-state index contributed by atoms with van der Waals surface area (Å²) in [6.07, 6.45) is 5.85. The average molecular weight is 373 g/mol. The standard InChI is InChI=1S/C18H25ClN2O2.ClH/c19-16-8-4-1-5-13(16)12-21(14-6-2-3-7-14)18(22)17-10-9-15(11-20)23-17;/h1,4-5,8,14-15,17H,2-3,6-7,9-12,20H2;1H/t15-,17+;/m1./s1. The molecule has 1 aromatic rings. The zero-order chi connectivity index (χ0) is 16.2. The number of hydrogen-bond donors (Lipinski definition) is 1. The van der Waals surface area contributed by atoms with E-state index in [1.807, 2.05) is 29.2 Å². The van der Waals surface area contributed by atoms with Crippen LogP contribution >= 0.6 is 24.0 Å². The predicted octanol–water partition coefficient (Wildman–Crippen LogP) is 3.54. The fraction of sp³-hybridized carbons (Fsp3) is 0.611. The van der Waals surface area contributed by atoms with E-state index in [4.69, 9.17) is 22.1 Å². The molecule has 134 valence electrons. The maximum Gasteiger partial charge on any atom is 0.252 e. The van der Waals surface area contributed by atoms with Gasteiger partial charge in [-0.3, -0.25) is 4.79 Å². The fourth-order valence-corrected chi connectivity index (χ4v) is 3.85. The van der Waals surface area contributed by atoms with Crippen molar-refractivity contribution in [2.24, 2.45) is 5.73 Å². The molecule has 0 bridgehead atoms. The fourth-order valence-electron chi connectivity index (χ4n) is 3.66. The number of carbonyl (C=O) groups is 1. The molecule has 3 rings (SSSR count). The van der Waals surface area contributed by atoms with Crippen LogP contribution in [0.2, 0.25) is 5.02 Å². The maximum absolute atomic E-state index is 13.0. The molecule has 2 aliphatic rings. The van der Waals surface area contributed by atoms with Crippen LogP contribution in [0.5, 0.6) is 0 Å². The van der Waals surface area contributed by atoms with Gasteiger partial charge in [-0.15, -0.1) is 12.4 Å². The van der Waals surface area contributed by atoms with Gasteiger partial charge in [-0.25, -0.2) is 0 Å². The van der Waals surface area contributed by atoms with Crippen LogP contribution in [0, 0.1) is 0 Å². The highest BCUT2D eigenvalue weighted by Gasteiger charge is 2.36. The van der Waals surface area contributed by atoms with Gasteiger partial charge >= 0.3 is 0 Å². The Bertz CT molecular complexity index is 550. The van der Waals surface area contributed by atoms with Crippen molar-refractivity contribution in [3.63, 3.8) is 0 Å². The van der Waals surface area contributed by atoms with E-state index in [0.29, 0.717) is 19.1 Å². The Morgan fingerprint density at radius 3 is 2.54 bits per heavy atom. The van der Waals surface area contributed by atoms with E-state index in [2.05, 4.69) is 0 Å². The molecule has 1 aliphatic heterocycles. The van der Waals surface area contributed by atoms with Crippen LogP contribution in [0.4, 0.5) is 0 Å². The second kappa shape index (κ2) is 9.04. The Morgan fingerprint density at radius 1 is 1.21 bits per heavy atom. The third kappa shape index (κ3) is 4.42. The lowest BCUT2D eigenvalue weighted by Gasteiger charge is -2.31. The molecule has 24 heavy (non-hydrogen) atoms. The minimum Gasteiger partial charge on any atom is -0.364 e. The first-order chi connectivity index (χ1) is 11.2. The lowest BCUT2D eigenvalue weighted by molar-refractivity contribution is -0.145. The van der Waals surface area contributed by atoms with Crippen LogP contribution in [0.3, 0.4) is 0 Å². The van der Waals surface area contributed by atoms with Crippen molar-refractivity contribution < 1.29 is 9.53 Å². The first-order valence-corrected chi connectivity index (χ1v) is 8.96. The number of amides is 1. The highest BCUT2D eigenvalue weighted by Crippen LogP contribution is 2.30. The second-order valence-electron chi connectivity index (χ2n) is 6.56. The van der Waals surface area contributed by atoms with Crippen molar-refractivity contribution in [2.45, 2.75) is 63.3 Å². The topological polar surface area (TPSA) is 55.6 Å². The van der Waals surface area contributed by atoms with E-state index in [0.717, 1.165) is 36.3 Å². The minimum absolute atomic E-state index is 0. The molecule has 1 aromatic carbocycles. The second-order valence-corrected chi connectivity index (χ2v) is 6.96. The lowest BCUT2D eigenvalue weighted by atomic mass is 10.1. The third-order valence-electron chi connectivity index (χ3n) is 4.99. The van der Waals surface area contributed by atoms with Crippen molar-refractivity contribution >= 4 is 29.9 Å². The number of carbonyl (C=O) groups excluding carboxylic acids is 1. The van der Waals surface area contributed by atoms with Gasteiger partial charge in [0.1, 0.15) is 6.10 Å². The van der Waals surface area contributed by atoms with E-state index in [1.54, 1.807) is 0 Å². The number of benzene rings is 1. The summed E-state index contributed by atoms with van der Waals surface area (Å²) in [5.74, 6) is 0.104. The van der Waals surface area contributed by atoms with Crippen LogP contribution in [0.1, 0.15) is 44.1 Å². The summed E-state index contributed by atoms with van der Waals surface area (Å²) in [7, 11) is 0. The molecule has 1 heterocycles. The van der Waals surface area contributed by atoms with E-state index < -0.39 is 0 Å². The van der Waals surface area contributed by atoms with E-state index in [-0.39, 0.29) is 30.5 Å². The molecule has 0 aromatic heterocycles. The summed E-state index contributed by atoms with van der Waals surface area (Å²) in [5, 5.41) is 0.718. The summed E-state index contributed by atoms with van der Waals surface area (Å²) in [6, 6.07) is 8.06. The van der Waals surface area contributed by atoms with Gasteiger partial charge in [0.05, 0.1) is 6.10 Å².